The summed E-state index contributed by atoms with van der Waals surface area (Å²) in [6.07, 6.45) is 8.81. The molecule has 3 atom stereocenters. The van der Waals surface area contributed by atoms with Gasteiger partial charge in [-0.1, -0.05) is 62.9 Å². The van der Waals surface area contributed by atoms with E-state index in [9.17, 15) is 14.7 Å². The third kappa shape index (κ3) is 9.03. The van der Waals surface area contributed by atoms with E-state index in [0.717, 1.165) is 51.4 Å². The molecule has 1 aliphatic rings. The van der Waals surface area contributed by atoms with Gasteiger partial charge >= 0.3 is 5.97 Å². The molecule has 192 valence electrons. The smallest absolute Gasteiger partial charge is 0.305 e. The zero-order chi connectivity index (χ0) is 25.2. The predicted molar refractivity (Wildman–Crippen MR) is 142 cm³/mol. The fourth-order valence-corrected chi connectivity index (χ4v) is 6.32. The van der Waals surface area contributed by atoms with Gasteiger partial charge in [0.15, 0.2) is 0 Å². The highest BCUT2D eigenvalue weighted by atomic mass is 32.2. The number of ketones is 1. The van der Waals surface area contributed by atoms with Crippen LogP contribution in [-0.4, -0.2) is 40.1 Å². The number of carbonyl (C=O) groups excluding carboxylic acids is 2. The second kappa shape index (κ2) is 13.7. The normalized spacial score (nSPS) is 20.4. The standard InChI is InChI=1S/C29H46O4S/c1-6-33-27(31)12-10-8-7-9-11-24-25(30)17-18-26(24)34-21-29(5,32)28(3,4)20-19-23-15-13-22(2)14-16-23/h13-16,24,26,32H,6-12,17-21H2,1-5H3. The van der Waals surface area contributed by atoms with Crippen LogP contribution in [0.5, 0.6) is 0 Å². The van der Waals surface area contributed by atoms with Crippen LogP contribution in [0.3, 0.4) is 0 Å². The van der Waals surface area contributed by atoms with Crippen molar-refractivity contribution >= 4 is 23.5 Å². The molecule has 0 amide bonds. The molecule has 0 aliphatic heterocycles. The minimum Gasteiger partial charge on any atom is -0.466 e. The molecule has 5 heteroatoms. The Morgan fingerprint density at radius 1 is 1.12 bits per heavy atom. The number of aliphatic hydroxyl groups is 1. The van der Waals surface area contributed by atoms with E-state index in [2.05, 4.69) is 45.0 Å². The molecule has 1 aromatic rings. The van der Waals surface area contributed by atoms with Crippen molar-refractivity contribution in [3.63, 3.8) is 0 Å². The van der Waals surface area contributed by atoms with Crippen LogP contribution in [0.2, 0.25) is 0 Å². The van der Waals surface area contributed by atoms with Gasteiger partial charge in [0.2, 0.25) is 0 Å². The molecule has 1 saturated carbocycles. The van der Waals surface area contributed by atoms with E-state index in [0.29, 0.717) is 36.2 Å². The Labute approximate surface area is 211 Å². The lowest BCUT2D eigenvalue weighted by Gasteiger charge is -2.41. The Morgan fingerprint density at radius 2 is 1.79 bits per heavy atom. The van der Waals surface area contributed by atoms with Gasteiger partial charge in [-0.3, -0.25) is 9.59 Å². The number of ether oxygens (including phenoxy) is 1. The fourth-order valence-electron chi connectivity index (χ4n) is 4.59. The molecule has 0 bridgehead atoms. The SMILES string of the molecule is CCOC(=O)CCCCCCC1C(=O)CCC1SCC(C)(O)C(C)(C)CCc1ccc(C)cc1. The van der Waals surface area contributed by atoms with Gasteiger partial charge in [0.1, 0.15) is 5.78 Å². The number of unbranched alkanes of at least 4 members (excludes halogenated alkanes) is 3. The summed E-state index contributed by atoms with van der Waals surface area (Å²) in [7, 11) is 0. The number of esters is 1. The Kier molecular flexibility index (Phi) is 11.6. The van der Waals surface area contributed by atoms with Crippen LogP contribution < -0.4 is 0 Å². The highest BCUT2D eigenvalue weighted by molar-refractivity contribution is 8.00. The van der Waals surface area contributed by atoms with Gasteiger partial charge in [0, 0.05) is 29.8 Å². The number of benzene rings is 1. The molecule has 0 radical (unpaired) electrons. The summed E-state index contributed by atoms with van der Waals surface area (Å²) in [5.41, 5.74) is 1.56. The van der Waals surface area contributed by atoms with Crippen molar-refractivity contribution < 1.29 is 19.4 Å². The van der Waals surface area contributed by atoms with Crippen LogP contribution in [0.1, 0.15) is 96.6 Å². The molecule has 1 fully saturated rings. The van der Waals surface area contributed by atoms with Crippen LogP contribution in [0.15, 0.2) is 24.3 Å². The average Bonchev–Trinajstić information content (AvgIpc) is 3.14. The molecule has 1 aliphatic carbocycles. The molecule has 4 nitrogen and oxygen atoms in total. The largest absolute Gasteiger partial charge is 0.466 e. The van der Waals surface area contributed by atoms with Crippen LogP contribution in [0.4, 0.5) is 0 Å². The molecular formula is C29H46O4S. The van der Waals surface area contributed by atoms with E-state index in [1.54, 1.807) is 11.8 Å². The van der Waals surface area contributed by atoms with Crippen molar-refractivity contribution in [1.82, 2.24) is 0 Å². The van der Waals surface area contributed by atoms with Crippen molar-refractivity contribution in [3.05, 3.63) is 35.4 Å². The van der Waals surface area contributed by atoms with E-state index in [4.69, 9.17) is 4.74 Å². The first kappa shape index (κ1) is 28.9. The van der Waals surface area contributed by atoms with E-state index in [1.807, 2.05) is 13.8 Å². The maximum Gasteiger partial charge on any atom is 0.305 e. The summed E-state index contributed by atoms with van der Waals surface area (Å²) >= 11 is 1.80. The van der Waals surface area contributed by atoms with Crippen molar-refractivity contribution in [2.75, 3.05) is 12.4 Å². The quantitative estimate of drug-likeness (QED) is 0.219. The molecule has 0 saturated heterocycles. The minimum atomic E-state index is -0.800. The Balaban J connectivity index is 1.77. The summed E-state index contributed by atoms with van der Waals surface area (Å²) in [5, 5.41) is 11.7. The van der Waals surface area contributed by atoms with Crippen LogP contribution in [0, 0.1) is 18.3 Å². The highest BCUT2D eigenvalue weighted by Crippen LogP contribution is 2.42. The fraction of sp³-hybridized carbons (Fsp3) is 0.724. The Hall–Kier alpha value is -1.33. The van der Waals surface area contributed by atoms with E-state index < -0.39 is 5.60 Å². The van der Waals surface area contributed by atoms with Gasteiger partial charge in [-0.2, -0.15) is 11.8 Å². The van der Waals surface area contributed by atoms with E-state index >= 15 is 0 Å². The van der Waals surface area contributed by atoms with Gasteiger partial charge < -0.3 is 9.84 Å². The Bertz CT molecular complexity index is 769. The van der Waals surface area contributed by atoms with Crippen LogP contribution in [0.25, 0.3) is 0 Å². The number of Topliss-reactive ketones (excluding diaryl/α,β-unsaturated/α-hetero) is 1. The maximum atomic E-state index is 12.5. The maximum absolute atomic E-state index is 12.5. The summed E-state index contributed by atoms with van der Waals surface area (Å²) in [6.45, 7) is 10.7. The van der Waals surface area contributed by atoms with E-state index in [-0.39, 0.29) is 17.3 Å². The molecule has 3 unspecified atom stereocenters. The second-order valence-electron chi connectivity index (χ2n) is 10.9. The van der Waals surface area contributed by atoms with E-state index in [1.165, 1.54) is 11.1 Å². The number of thioether (sulfide) groups is 1. The zero-order valence-electron chi connectivity index (χ0n) is 22.0. The first-order valence-electron chi connectivity index (χ1n) is 13.1. The van der Waals surface area contributed by atoms with Crippen molar-refractivity contribution in [2.24, 2.45) is 11.3 Å². The number of carbonyl (C=O) groups is 2. The first-order valence-corrected chi connectivity index (χ1v) is 14.2. The molecule has 0 aromatic heterocycles. The number of rotatable bonds is 15. The topological polar surface area (TPSA) is 63.6 Å². The molecule has 2 rings (SSSR count). The lowest BCUT2D eigenvalue weighted by Crippen LogP contribution is -2.45. The summed E-state index contributed by atoms with van der Waals surface area (Å²) < 4.78 is 4.97. The lowest BCUT2D eigenvalue weighted by molar-refractivity contribution is -0.143. The molecule has 1 aromatic carbocycles. The summed E-state index contributed by atoms with van der Waals surface area (Å²) in [6, 6.07) is 8.66. The van der Waals surface area contributed by atoms with Gasteiger partial charge in [0.25, 0.3) is 0 Å². The zero-order valence-corrected chi connectivity index (χ0v) is 22.8. The number of aryl methyl sites for hydroxylation is 2. The molecule has 34 heavy (non-hydrogen) atoms. The lowest BCUT2D eigenvalue weighted by atomic mass is 9.73. The molecule has 0 spiro atoms. The molecular weight excluding hydrogens is 444 g/mol. The monoisotopic (exact) mass is 490 g/mol. The summed E-state index contributed by atoms with van der Waals surface area (Å²) in [4.78, 5) is 24.0. The van der Waals surface area contributed by atoms with Gasteiger partial charge in [-0.15, -0.1) is 0 Å². The number of hydrogen-bond acceptors (Lipinski definition) is 5. The Morgan fingerprint density at radius 3 is 2.47 bits per heavy atom. The van der Waals surface area contributed by atoms with Crippen molar-refractivity contribution in [3.8, 4) is 0 Å². The third-order valence-electron chi connectivity index (χ3n) is 7.68. The molecule has 0 heterocycles. The molecule has 1 N–H and O–H groups in total. The van der Waals surface area contributed by atoms with Crippen molar-refractivity contribution in [1.29, 1.82) is 0 Å². The summed E-state index contributed by atoms with van der Waals surface area (Å²) in [5.74, 6) is 1.05. The van der Waals surface area contributed by atoms with Crippen LogP contribution >= 0.6 is 11.8 Å². The van der Waals surface area contributed by atoms with Crippen LogP contribution in [-0.2, 0) is 20.7 Å². The second-order valence-corrected chi connectivity index (χ2v) is 12.1. The van der Waals surface area contributed by atoms with Gasteiger partial charge in [0.05, 0.1) is 12.2 Å². The first-order chi connectivity index (χ1) is 16.1. The van der Waals surface area contributed by atoms with Crippen molar-refractivity contribution in [2.45, 2.75) is 110 Å². The average molecular weight is 491 g/mol. The highest BCUT2D eigenvalue weighted by Gasteiger charge is 2.41. The van der Waals surface area contributed by atoms with Gasteiger partial charge in [-0.05, 0) is 63.9 Å². The third-order valence-corrected chi connectivity index (χ3v) is 9.41. The minimum absolute atomic E-state index is 0.112. The predicted octanol–water partition coefficient (Wildman–Crippen LogP) is 6.69. The number of hydrogen-bond donors (Lipinski definition) is 1. The van der Waals surface area contributed by atoms with Gasteiger partial charge in [-0.25, -0.2) is 0 Å².